The summed E-state index contributed by atoms with van der Waals surface area (Å²) in [6.45, 7) is 3.99. The summed E-state index contributed by atoms with van der Waals surface area (Å²) < 4.78 is 19.3. The summed E-state index contributed by atoms with van der Waals surface area (Å²) in [7, 11) is 0. The molecule has 0 fully saturated rings. The number of carbonyl (C=O) groups excluding carboxylic acids is 1. The van der Waals surface area contributed by atoms with Gasteiger partial charge in [-0.15, -0.1) is 0 Å². The molecule has 0 spiro atoms. The molecule has 0 aliphatic rings. The molecule has 0 amide bonds. The maximum atomic E-state index is 13.4. The number of hydrogen-bond acceptors (Lipinski definition) is 2. The van der Waals surface area contributed by atoms with E-state index in [2.05, 4.69) is 15.9 Å². The van der Waals surface area contributed by atoms with E-state index in [-0.39, 0.29) is 18.0 Å². The first-order valence-corrected chi connectivity index (χ1v) is 5.92. The Morgan fingerprint density at radius 2 is 2.25 bits per heavy atom. The predicted molar refractivity (Wildman–Crippen MR) is 63.9 cm³/mol. The van der Waals surface area contributed by atoms with Crippen molar-refractivity contribution in [2.45, 2.75) is 26.4 Å². The smallest absolute Gasteiger partial charge is 0.165 e. The number of benzene rings is 1. The molecule has 0 radical (unpaired) electrons. The molecule has 0 heterocycles. The van der Waals surface area contributed by atoms with E-state index in [4.69, 9.17) is 4.74 Å². The van der Waals surface area contributed by atoms with E-state index in [0.29, 0.717) is 16.6 Å². The highest BCUT2D eigenvalue weighted by atomic mass is 79.9. The molecule has 16 heavy (non-hydrogen) atoms. The Bertz CT molecular complexity index is 379. The van der Waals surface area contributed by atoms with E-state index < -0.39 is 6.10 Å². The van der Waals surface area contributed by atoms with E-state index in [1.54, 1.807) is 19.1 Å². The van der Waals surface area contributed by atoms with Crippen LogP contribution in [0.3, 0.4) is 0 Å². The van der Waals surface area contributed by atoms with Crippen LogP contribution in [0.1, 0.15) is 19.4 Å². The lowest BCUT2D eigenvalue weighted by molar-refractivity contribution is -0.128. The van der Waals surface area contributed by atoms with Gasteiger partial charge in [-0.1, -0.05) is 22.0 Å². The van der Waals surface area contributed by atoms with Crippen LogP contribution in [-0.4, -0.2) is 18.5 Å². The average Bonchev–Trinajstić information content (AvgIpc) is 2.22. The highest BCUT2D eigenvalue weighted by Gasteiger charge is 2.15. The van der Waals surface area contributed by atoms with Gasteiger partial charge in [0.1, 0.15) is 11.9 Å². The van der Waals surface area contributed by atoms with Crippen molar-refractivity contribution in [1.82, 2.24) is 0 Å². The van der Waals surface area contributed by atoms with Crippen molar-refractivity contribution < 1.29 is 13.9 Å². The Hall–Kier alpha value is -0.740. The lowest BCUT2D eigenvalue weighted by Gasteiger charge is -2.10. The molecule has 0 aromatic heterocycles. The topological polar surface area (TPSA) is 26.3 Å². The zero-order valence-corrected chi connectivity index (χ0v) is 10.9. The highest BCUT2D eigenvalue weighted by molar-refractivity contribution is 9.10. The Morgan fingerprint density at radius 1 is 1.56 bits per heavy atom. The van der Waals surface area contributed by atoms with Crippen LogP contribution in [0, 0.1) is 5.82 Å². The van der Waals surface area contributed by atoms with Gasteiger partial charge in [0.25, 0.3) is 0 Å². The Balaban J connectivity index is 2.69. The van der Waals surface area contributed by atoms with E-state index in [1.807, 2.05) is 6.92 Å². The van der Waals surface area contributed by atoms with Gasteiger partial charge in [0.2, 0.25) is 0 Å². The summed E-state index contributed by atoms with van der Waals surface area (Å²) in [4.78, 5) is 11.6. The first-order valence-electron chi connectivity index (χ1n) is 5.12. The molecule has 1 atom stereocenters. The largest absolute Gasteiger partial charge is 0.371 e. The van der Waals surface area contributed by atoms with Crippen molar-refractivity contribution in [1.29, 1.82) is 0 Å². The molecule has 1 rings (SSSR count). The van der Waals surface area contributed by atoms with E-state index in [9.17, 15) is 9.18 Å². The molecule has 0 aliphatic carbocycles. The Kier molecular flexibility index (Phi) is 5.09. The molecule has 2 nitrogen and oxygen atoms in total. The lowest BCUT2D eigenvalue weighted by Crippen LogP contribution is -2.22. The molecule has 1 aromatic carbocycles. The molecule has 1 aromatic rings. The number of Topliss-reactive ketones (excluding diaryl/α,β-unsaturated/α-hetero) is 1. The standard InChI is InChI=1S/C12H14BrFO2/c1-3-16-8(2)12(15)6-9-4-5-10(13)7-11(9)14/h4-5,7-8H,3,6H2,1-2H3. The third kappa shape index (κ3) is 3.68. The van der Waals surface area contributed by atoms with Crippen LogP contribution in [0.2, 0.25) is 0 Å². The van der Waals surface area contributed by atoms with Gasteiger partial charge in [0, 0.05) is 17.5 Å². The van der Waals surface area contributed by atoms with E-state index in [0.717, 1.165) is 0 Å². The summed E-state index contributed by atoms with van der Waals surface area (Å²) in [5.74, 6) is -0.477. The number of halogens is 2. The number of carbonyl (C=O) groups is 1. The molecule has 0 saturated heterocycles. The van der Waals surface area contributed by atoms with Gasteiger partial charge >= 0.3 is 0 Å². The van der Waals surface area contributed by atoms with Crippen molar-refractivity contribution in [2.24, 2.45) is 0 Å². The van der Waals surface area contributed by atoms with Crippen LogP contribution in [0.4, 0.5) is 4.39 Å². The summed E-state index contributed by atoms with van der Waals surface area (Å²) in [5.41, 5.74) is 0.403. The lowest BCUT2D eigenvalue weighted by atomic mass is 10.1. The van der Waals surface area contributed by atoms with Crippen LogP contribution in [-0.2, 0) is 16.0 Å². The van der Waals surface area contributed by atoms with Gasteiger partial charge in [0.05, 0.1) is 0 Å². The normalized spacial score (nSPS) is 12.5. The van der Waals surface area contributed by atoms with Crippen molar-refractivity contribution in [2.75, 3.05) is 6.61 Å². The van der Waals surface area contributed by atoms with Crippen molar-refractivity contribution in [3.63, 3.8) is 0 Å². The monoisotopic (exact) mass is 288 g/mol. The Labute approximate surface area is 103 Å². The third-order valence-corrected chi connectivity index (χ3v) is 2.74. The van der Waals surface area contributed by atoms with Crippen LogP contribution in [0.15, 0.2) is 22.7 Å². The van der Waals surface area contributed by atoms with Crippen molar-refractivity contribution in [3.8, 4) is 0 Å². The molecule has 0 saturated carbocycles. The van der Waals surface area contributed by atoms with Crippen LogP contribution < -0.4 is 0 Å². The van der Waals surface area contributed by atoms with Crippen LogP contribution >= 0.6 is 15.9 Å². The van der Waals surface area contributed by atoms with Gasteiger partial charge < -0.3 is 4.74 Å². The average molecular weight is 289 g/mol. The highest BCUT2D eigenvalue weighted by Crippen LogP contribution is 2.16. The molecular weight excluding hydrogens is 275 g/mol. The maximum Gasteiger partial charge on any atom is 0.165 e. The maximum absolute atomic E-state index is 13.4. The zero-order valence-electron chi connectivity index (χ0n) is 9.30. The number of ketones is 1. The van der Waals surface area contributed by atoms with Gasteiger partial charge in [-0.05, 0) is 31.5 Å². The van der Waals surface area contributed by atoms with Crippen molar-refractivity contribution >= 4 is 21.7 Å². The second-order valence-electron chi connectivity index (χ2n) is 3.48. The molecule has 1 unspecified atom stereocenters. The molecule has 88 valence electrons. The molecule has 0 aliphatic heterocycles. The minimum Gasteiger partial charge on any atom is -0.371 e. The summed E-state index contributed by atoms with van der Waals surface area (Å²) >= 11 is 3.17. The summed E-state index contributed by atoms with van der Waals surface area (Å²) in [6.07, 6.45) is -0.409. The number of hydrogen-bond donors (Lipinski definition) is 0. The molecular formula is C12H14BrFO2. The van der Waals surface area contributed by atoms with Gasteiger partial charge in [-0.25, -0.2) is 4.39 Å². The van der Waals surface area contributed by atoms with Crippen molar-refractivity contribution in [3.05, 3.63) is 34.1 Å². The fourth-order valence-electron chi connectivity index (χ4n) is 1.34. The van der Waals surface area contributed by atoms with Gasteiger partial charge in [0.15, 0.2) is 5.78 Å². The zero-order chi connectivity index (χ0) is 12.1. The fraction of sp³-hybridized carbons (Fsp3) is 0.417. The second-order valence-corrected chi connectivity index (χ2v) is 4.39. The third-order valence-electron chi connectivity index (χ3n) is 2.25. The van der Waals surface area contributed by atoms with E-state index in [1.165, 1.54) is 6.07 Å². The number of ether oxygens (including phenoxy) is 1. The predicted octanol–water partition coefficient (Wildman–Crippen LogP) is 3.12. The second kappa shape index (κ2) is 6.11. The summed E-state index contributed by atoms with van der Waals surface area (Å²) in [6, 6.07) is 4.68. The quantitative estimate of drug-likeness (QED) is 0.832. The van der Waals surface area contributed by atoms with Gasteiger partial charge in [-0.2, -0.15) is 0 Å². The number of rotatable bonds is 5. The van der Waals surface area contributed by atoms with Crippen LogP contribution in [0.5, 0.6) is 0 Å². The Morgan fingerprint density at radius 3 is 2.81 bits per heavy atom. The first kappa shape index (κ1) is 13.3. The first-order chi connectivity index (χ1) is 7.54. The molecule has 0 bridgehead atoms. The minimum absolute atomic E-state index is 0.0697. The van der Waals surface area contributed by atoms with E-state index >= 15 is 0 Å². The summed E-state index contributed by atoms with van der Waals surface area (Å²) in [5, 5.41) is 0. The minimum atomic E-state index is -0.479. The molecule has 0 N–H and O–H groups in total. The molecule has 4 heteroatoms. The van der Waals surface area contributed by atoms with Crippen LogP contribution in [0.25, 0.3) is 0 Å². The fourth-order valence-corrected chi connectivity index (χ4v) is 1.67. The van der Waals surface area contributed by atoms with Gasteiger partial charge in [-0.3, -0.25) is 4.79 Å². The SMILES string of the molecule is CCOC(C)C(=O)Cc1ccc(Br)cc1F.